The topological polar surface area (TPSA) is 15.3 Å². The van der Waals surface area contributed by atoms with Crippen molar-refractivity contribution in [3.63, 3.8) is 0 Å². The first kappa shape index (κ1) is 18.0. The third kappa shape index (κ3) is 6.58. The second-order valence-electron chi connectivity index (χ2n) is 7.27. The van der Waals surface area contributed by atoms with Gasteiger partial charge in [0.25, 0.3) is 0 Å². The predicted octanol–water partition coefficient (Wildman–Crippen LogP) is 4.30. The van der Waals surface area contributed by atoms with E-state index in [2.05, 4.69) is 44.8 Å². The number of rotatable bonds is 9. The molecule has 0 saturated heterocycles. The van der Waals surface area contributed by atoms with Crippen LogP contribution in [-0.4, -0.2) is 36.6 Å². The predicted molar refractivity (Wildman–Crippen MR) is 90.2 cm³/mol. The Hall–Kier alpha value is -0.0800. The third-order valence-corrected chi connectivity index (χ3v) is 4.91. The van der Waals surface area contributed by atoms with Crippen LogP contribution in [0.1, 0.15) is 73.1 Å². The molecule has 1 aliphatic carbocycles. The summed E-state index contributed by atoms with van der Waals surface area (Å²) in [6, 6.07) is 1.55. The van der Waals surface area contributed by atoms with Crippen LogP contribution in [-0.2, 0) is 0 Å². The van der Waals surface area contributed by atoms with Gasteiger partial charge in [-0.1, -0.05) is 34.6 Å². The third-order valence-electron chi connectivity index (χ3n) is 4.91. The normalized spacial score (nSPS) is 24.0. The smallest absolute Gasteiger partial charge is 0.0110 e. The lowest BCUT2D eigenvalue weighted by atomic mass is 9.87. The minimum Gasteiger partial charge on any atom is -0.313 e. The monoisotopic (exact) mass is 282 g/mol. The van der Waals surface area contributed by atoms with E-state index < -0.39 is 0 Å². The van der Waals surface area contributed by atoms with Crippen molar-refractivity contribution in [1.82, 2.24) is 10.2 Å². The molecule has 1 fully saturated rings. The highest BCUT2D eigenvalue weighted by Crippen LogP contribution is 2.23. The second kappa shape index (κ2) is 9.78. The van der Waals surface area contributed by atoms with E-state index >= 15 is 0 Å². The lowest BCUT2D eigenvalue weighted by Crippen LogP contribution is -2.43. The molecule has 20 heavy (non-hydrogen) atoms. The van der Waals surface area contributed by atoms with Crippen LogP contribution in [0.5, 0.6) is 0 Å². The molecule has 120 valence electrons. The lowest BCUT2D eigenvalue weighted by Gasteiger charge is -2.33. The minimum absolute atomic E-state index is 0.769. The largest absolute Gasteiger partial charge is 0.313 e. The van der Waals surface area contributed by atoms with E-state index in [4.69, 9.17) is 0 Å². The Morgan fingerprint density at radius 3 is 2.15 bits per heavy atom. The standard InChI is InChI=1S/C18H38N2/c1-6-18(7-2)20(14-15(3)4)13-12-19-17-10-8-16(5)9-11-17/h15-19H,6-14H2,1-5H3. The first-order chi connectivity index (χ1) is 9.56. The molecule has 0 unspecified atom stereocenters. The van der Waals surface area contributed by atoms with Gasteiger partial charge in [0, 0.05) is 31.7 Å². The second-order valence-corrected chi connectivity index (χ2v) is 7.27. The Balaban J connectivity index is 2.30. The quantitative estimate of drug-likeness (QED) is 0.678. The van der Waals surface area contributed by atoms with Gasteiger partial charge in [-0.3, -0.25) is 4.90 Å². The number of hydrogen-bond donors (Lipinski definition) is 1. The zero-order valence-electron chi connectivity index (χ0n) is 14.6. The van der Waals surface area contributed by atoms with E-state index in [0.717, 1.165) is 23.9 Å². The molecule has 1 N–H and O–H groups in total. The summed E-state index contributed by atoms with van der Waals surface area (Å²) in [6.07, 6.45) is 8.17. The zero-order valence-corrected chi connectivity index (χ0v) is 14.6. The Labute approximate surface area is 127 Å². The van der Waals surface area contributed by atoms with Gasteiger partial charge in [0.15, 0.2) is 0 Å². The van der Waals surface area contributed by atoms with Gasteiger partial charge >= 0.3 is 0 Å². The van der Waals surface area contributed by atoms with Crippen molar-refractivity contribution in [1.29, 1.82) is 0 Å². The van der Waals surface area contributed by atoms with Crippen LogP contribution in [0.15, 0.2) is 0 Å². The molecular formula is C18H38N2. The summed E-state index contributed by atoms with van der Waals surface area (Å²) in [5.74, 6) is 1.72. The van der Waals surface area contributed by atoms with E-state index in [1.165, 1.54) is 58.2 Å². The van der Waals surface area contributed by atoms with Gasteiger partial charge in [0.1, 0.15) is 0 Å². The van der Waals surface area contributed by atoms with Gasteiger partial charge in [-0.15, -0.1) is 0 Å². The highest BCUT2D eigenvalue weighted by molar-refractivity contribution is 4.77. The maximum Gasteiger partial charge on any atom is 0.0110 e. The molecule has 1 rings (SSSR count). The molecule has 0 radical (unpaired) electrons. The maximum atomic E-state index is 3.81. The van der Waals surface area contributed by atoms with E-state index in [1.807, 2.05) is 0 Å². The fourth-order valence-corrected chi connectivity index (χ4v) is 3.57. The van der Waals surface area contributed by atoms with Crippen LogP contribution >= 0.6 is 0 Å². The Kier molecular flexibility index (Phi) is 8.79. The molecule has 0 spiro atoms. The molecule has 0 heterocycles. The van der Waals surface area contributed by atoms with E-state index in [0.29, 0.717) is 0 Å². The van der Waals surface area contributed by atoms with Crippen molar-refractivity contribution in [2.24, 2.45) is 11.8 Å². The van der Waals surface area contributed by atoms with Gasteiger partial charge in [0.2, 0.25) is 0 Å². The summed E-state index contributed by atoms with van der Waals surface area (Å²) in [5, 5.41) is 3.81. The van der Waals surface area contributed by atoms with Crippen molar-refractivity contribution in [3.05, 3.63) is 0 Å². The molecule has 1 saturated carbocycles. The Morgan fingerprint density at radius 2 is 1.65 bits per heavy atom. The lowest BCUT2D eigenvalue weighted by molar-refractivity contribution is 0.162. The highest BCUT2D eigenvalue weighted by Gasteiger charge is 2.19. The molecule has 0 aromatic carbocycles. The molecule has 0 aromatic rings. The summed E-state index contributed by atoms with van der Waals surface area (Å²) in [6.45, 7) is 15.4. The fraction of sp³-hybridized carbons (Fsp3) is 1.00. The molecule has 0 atom stereocenters. The van der Waals surface area contributed by atoms with Crippen LogP contribution in [0.25, 0.3) is 0 Å². The van der Waals surface area contributed by atoms with Gasteiger partial charge in [-0.25, -0.2) is 0 Å². The van der Waals surface area contributed by atoms with Crippen molar-refractivity contribution < 1.29 is 0 Å². The van der Waals surface area contributed by atoms with Gasteiger partial charge < -0.3 is 5.32 Å². The summed E-state index contributed by atoms with van der Waals surface area (Å²) in [4.78, 5) is 2.71. The summed E-state index contributed by atoms with van der Waals surface area (Å²) < 4.78 is 0. The summed E-state index contributed by atoms with van der Waals surface area (Å²) in [5.41, 5.74) is 0. The molecular weight excluding hydrogens is 244 g/mol. The Morgan fingerprint density at radius 1 is 1.05 bits per heavy atom. The number of nitrogens with zero attached hydrogens (tertiary/aromatic N) is 1. The number of hydrogen-bond acceptors (Lipinski definition) is 2. The summed E-state index contributed by atoms with van der Waals surface area (Å²) in [7, 11) is 0. The van der Waals surface area contributed by atoms with Crippen molar-refractivity contribution in [2.75, 3.05) is 19.6 Å². The molecule has 0 aromatic heterocycles. The molecule has 2 nitrogen and oxygen atoms in total. The average Bonchev–Trinajstić information content (AvgIpc) is 2.41. The molecule has 0 amide bonds. The molecule has 0 aliphatic heterocycles. The SMILES string of the molecule is CCC(CC)N(CCNC1CCC(C)CC1)CC(C)C. The molecule has 2 heteroatoms. The molecule has 0 bridgehead atoms. The van der Waals surface area contributed by atoms with Crippen LogP contribution in [0.4, 0.5) is 0 Å². The van der Waals surface area contributed by atoms with Gasteiger partial charge in [-0.05, 0) is 50.4 Å². The summed E-state index contributed by atoms with van der Waals surface area (Å²) >= 11 is 0. The van der Waals surface area contributed by atoms with Crippen LogP contribution < -0.4 is 5.32 Å². The Bertz CT molecular complexity index is 228. The minimum atomic E-state index is 0.769. The molecule has 1 aliphatic rings. The van der Waals surface area contributed by atoms with Crippen LogP contribution in [0, 0.1) is 11.8 Å². The van der Waals surface area contributed by atoms with Crippen molar-refractivity contribution in [3.8, 4) is 0 Å². The van der Waals surface area contributed by atoms with Gasteiger partial charge in [0.05, 0.1) is 0 Å². The van der Waals surface area contributed by atoms with Gasteiger partial charge in [-0.2, -0.15) is 0 Å². The van der Waals surface area contributed by atoms with E-state index in [9.17, 15) is 0 Å². The van der Waals surface area contributed by atoms with Crippen molar-refractivity contribution >= 4 is 0 Å². The highest BCUT2D eigenvalue weighted by atomic mass is 15.2. The van der Waals surface area contributed by atoms with Crippen LogP contribution in [0.3, 0.4) is 0 Å². The van der Waals surface area contributed by atoms with Crippen molar-refractivity contribution in [2.45, 2.75) is 85.2 Å². The first-order valence-electron chi connectivity index (χ1n) is 9.04. The van der Waals surface area contributed by atoms with Crippen LogP contribution in [0.2, 0.25) is 0 Å². The zero-order chi connectivity index (χ0) is 15.0. The number of nitrogens with one attached hydrogen (secondary N) is 1. The maximum absolute atomic E-state index is 3.81. The first-order valence-corrected chi connectivity index (χ1v) is 9.04. The average molecular weight is 283 g/mol. The fourth-order valence-electron chi connectivity index (χ4n) is 3.57. The van der Waals surface area contributed by atoms with E-state index in [1.54, 1.807) is 0 Å². The van der Waals surface area contributed by atoms with E-state index in [-0.39, 0.29) is 0 Å².